The van der Waals surface area contributed by atoms with Crippen molar-refractivity contribution in [3.8, 4) is 11.5 Å². The largest absolute Gasteiger partial charge is 0.493 e. The molecule has 0 saturated carbocycles. The van der Waals surface area contributed by atoms with Gasteiger partial charge in [-0.25, -0.2) is 4.79 Å². The Kier molecular flexibility index (Phi) is 7.31. The summed E-state index contributed by atoms with van der Waals surface area (Å²) in [5.41, 5.74) is 0.986. The van der Waals surface area contributed by atoms with Crippen LogP contribution in [0.4, 0.5) is 8.78 Å². The van der Waals surface area contributed by atoms with E-state index < -0.39 is 18.7 Å². The number of hydrogen-bond donors (Lipinski definition) is 0. The van der Waals surface area contributed by atoms with E-state index in [0.717, 1.165) is 5.56 Å². The van der Waals surface area contributed by atoms with Crippen LogP contribution in [0.1, 0.15) is 22.8 Å². The standard InChI is InChI=1S/C20H21F2NO5/c1-13(18(24)23(2)12-14-7-5-4-6-8-14)27-19(25)15-9-10-16(28-20(21)22)17(11-15)26-3/h4-11,13,20H,12H2,1-3H3/t13-/m1/s1. The van der Waals surface area contributed by atoms with Crippen LogP contribution >= 0.6 is 0 Å². The number of carbonyl (C=O) groups is 2. The van der Waals surface area contributed by atoms with Crippen LogP contribution in [0.25, 0.3) is 0 Å². The molecule has 150 valence electrons. The molecule has 0 aliphatic heterocycles. The van der Waals surface area contributed by atoms with E-state index in [1.165, 1.54) is 37.1 Å². The minimum absolute atomic E-state index is 0.0452. The van der Waals surface area contributed by atoms with Gasteiger partial charge in [0.05, 0.1) is 12.7 Å². The number of rotatable bonds is 8. The summed E-state index contributed by atoms with van der Waals surface area (Å²) in [5.74, 6) is -1.41. The second-order valence-corrected chi connectivity index (χ2v) is 5.97. The van der Waals surface area contributed by atoms with Crippen molar-refractivity contribution >= 4 is 11.9 Å². The number of likely N-dealkylation sites (N-methyl/N-ethyl adjacent to an activating group) is 1. The van der Waals surface area contributed by atoms with E-state index in [1.54, 1.807) is 7.05 Å². The van der Waals surface area contributed by atoms with Crippen molar-refractivity contribution in [3.63, 3.8) is 0 Å². The average Bonchev–Trinajstić information content (AvgIpc) is 2.67. The highest BCUT2D eigenvalue weighted by Crippen LogP contribution is 2.29. The summed E-state index contributed by atoms with van der Waals surface area (Å²) in [5, 5.41) is 0. The summed E-state index contributed by atoms with van der Waals surface area (Å²) >= 11 is 0. The summed E-state index contributed by atoms with van der Waals surface area (Å²) in [7, 11) is 2.87. The number of alkyl halides is 2. The molecule has 1 amide bonds. The predicted molar refractivity (Wildman–Crippen MR) is 97.4 cm³/mol. The second-order valence-electron chi connectivity index (χ2n) is 5.97. The highest BCUT2D eigenvalue weighted by Gasteiger charge is 2.23. The van der Waals surface area contributed by atoms with Crippen LogP contribution in [0, 0.1) is 0 Å². The topological polar surface area (TPSA) is 65.1 Å². The first-order valence-electron chi connectivity index (χ1n) is 8.44. The van der Waals surface area contributed by atoms with Gasteiger partial charge < -0.3 is 19.1 Å². The van der Waals surface area contributed by atoms with Gasteiger partial charge >= 0.3 is 12.6 Å². The Labute approximate surface area is 161 Å². The van der Waals surface area contributed by atoms with E-state index >= 15 is 0 Å². The molecule has 0 radical (unpaired) electrons. The quantitative estimate of drug-likeness (QED) is 0.643. The summed E-state index contributed by atoms with van der Waals surface area (Å²) in [6.45, 7) is -1.19. The molecule has 0 fully saturated rings. The highest BCUT2D eigenvalue weighted by molar-refractivity contribution is 5.92. The van der Waals surface area contributed by atoms with E-state index in [2.05, 4.69) is 4.74 Å². The number of ether oxygens (including phenoxy) is 3. The van der Waals surface area contributed by atoms with E-state index in [1.807, 2.05) is 30.3 Å². The molecular weight excluding hydrogens is 372 g/mol. The normalized spacial score (nSPS) is 11.6. The molecule has 0 spiro atoms. The first kappa shape index (κ1) is 21.1. The third-order valence-electron chi connectivity index (χ3n) is 3.89. The Bertz CT molecular complexity index is 813. The highest BCUT2D eigenvalue weighted by atomic mass is 19.3. The van der Waals surface area contributed by atoms with Gasteiger partial charge in [-0.3, -0.25) is 4.79 Å². The molecule has 0 bridgehead atoms. The van der Waals surface area contributed by atoms with E-state index in [4.69, 9.17) is 9.47 Å². The van der Waals surface area contributed by atoms with Crippen LogP contribution in [0.5, 0.6) is 11.5 Å². The molecule has 1 atom stereocenters. The van der Waals surface area contributed by atoms with Gasteiger partial charge in [0.2, 0.25) is 0 Å². The van der Waals surface area contributed by atoms with Gasteiger partial charge in [0.15, 0.2) is 17.6 Å². The fourth-order valence-corrected chi connectivity index (χ4v) is 2.51. The van der Waals surface area contributed by atoms with Crippen molar-refractivity contribution in [2.45, 2.75) is 26.2 Å². The van der Waals surface area contributed by atoms with Gasteiger partial charge in [-0.2, -0.15) is 8.78 Å². The number of benzene rings is 2. The van der Waals surface area contributed by atoms with E-state index in [0.29, 0.717) is 6.54 Å². The van der Waals surface area contributed by atoms with Crippen molar-refractivity contribution in [2.75, 3.05) is 14.2 Å². The third kappa shape index (κ3) is 5.67. The Hall–Kier alpha value is -3.16. The zero-order valence-corrected chi connectivity index (χ0v) is 15.7. The molecule has 6 nitrogen and oxygen atoms in total. The number of esters is 1. The van der Waals surface area contributed by atoms with Gasteiger partial charge in [-0.05, 0) is 30.7 Å². The molecule has 2 aromatic carbocycles. The molecule has 8 heteroatoms. The maximum Gasteiger partial charge on any atom is 0.387 e. The van der Waals surface area contributed by atoms with Gasteiger partial charge in [0.25, 0.3) is 5.91 Å². The lowest BCUT2D eigenvalue weighted by atomic mass is 10.2. The van der Waals surface area contributed by atoms with Crippen LogP contribution in [0.2, 0.25) is 0 Å². The van der Waals surface area contributed by atoms with Crippen molar-refractivity contribution in [1.29, 1.82) is 0 Å². The Morgan fingerprint density at radius 2 is 1.75 bits per heavy atom. The minimum atomic E-state index is -3.02. The first-order valence-corrected chi connectivity index (χ1v) is 8.44. The lowest BCUT2D eigenvalue weighted by Gasteiger charge is -2.21. The van der Waals surface area contributed by atoms with Crippen LogP contribution in [0.15, 0.2) is 48.5 Å². The van der Waals surface area contributed by atoms with Crippen LogP contribution in [-0.2, 0) is 16.1 Å². The minimum Gasteiger partial charge on any atom is -0.493 e. The fraction of sp³-hybridized carbons (Fsp3) is 0.300. The number of carbonyl (C=O) groups excluding carboxylic acids is 2. The molecule has 0 N–H and O–H groups in total. The van der Waals surface area contributed by atoms with Crippen LogP contribution in [-0.4, -0.2) is 43.6 Å². The van der Waals surface area contributed by atoms with Crippen molar-refractivity contribution in [2.24, 2.45) is 0 Å². The molecule has 0 aliphatic carbocycles. The van der Waals surface area contributed by atoms with Crippen LogP contribution < -0.4 is 9.47 Å². The van der Waals surface area contributed by atoms with Crippen LogP contribution in [0.3, 0.4) is 0 Å². The number of halogens is 2. The predicted octanol–water partition coefficient (Wildman–Crippen LogP) is 3.50. The SMILES string of the molecule is COc1cc(C(=O)O[C@H](C)C(=O)N(C)Cc2ccccc2)ccc1OC(F)F. The number of nitrogens with zero attached hydrogens (tertiary/aromatic N) is 1. The zero-order chi connectivity index (χ0) is 20.7. The van der Waals surface area contributed by atoms with Gasteiger partial charge in [-0.1, -0.05) is 30.3 Å². The van der Waals surface area contributed by atoms with E-state index in [9.17, 15) is 18.4 Å². The van der Waals surface area contributed by atoms with Gasteiger partial charge in [0.1, 0.15) is 0 Å². The number of amides is 1. The molecule has 28 heavy (non-hydrogen) atoms. The average molecular weight is 393 g/mol. The summed E-state index contributed by atoms with van der Waals surface area (Å²) in [6.07, 6.45) is -1.02. The Morgan fingerprint density at radius 1 is 1.07 bits per heavy atom. The van der Waals surface area contributed by atoms with Crippen molar-refractivity contribution in [3.05, 3.63) is 59.7 Å². The molecule has 2 rings (SSSR count). The zero-order valence-electron chi connectivity index (χ0n) is 15.7. The fourth-order valence-electron chi connectivity index (χ4n) is 2.51. The lowest BCUT2D eigenvalue weighted by Crippen LogP contribution is -2.37. The first-order chi connectivity index (χ1) is 13.3. The molecule has 0 saturated heterocycles. The van der Waals surface area contributed by atoms with Gasteiger partial charge in [0, 0.05) is 13.6 Å². The molecule has 0 unspecified atom stereocenters. The molecular formula is C20H21F2NO5. The third-order valence-corrected chi connectivity index (χ3v) is 3.89. The maximum absolute atomic E-state index is 12.4. The smallest absolute Gasteiger partial charge is 0.387 e. The molecule has 0 aliphatic rings. The Morgan fingerprint density at radius 3 is 2.36 bits per heavy atom. The number of hydrogen-bond acceptors (Lipinski definition) is 5. The summed E-state index contributed by atoms with van der Waals surface area (Å²) in [6, 6.07) is 13.0. The maximum atomic E-state index is 12.4. The summed E-state index contributed by atoms with van der Waals surface area (Å²) in [4.78, 5) is 26.2. The van der Waals surface area contributed by atoms with Crippen molar-refractivity contribution < 1.29 is 32.6 Å². The van der Waals surface area contributed by atoms with Gasteiger partial charge in [-0.15, -0.1) is 0 Å². The lowest BCUT2D eigenvalue weighted by molar-refractivity contribution is -0.139. The Balaban J connectivity index is 2.01. The van der Waals surface area contributed by atoms with E-state index in [-0.39, 0.29) is 23.0 Å². The molecule has 2 aromatic rings. The second kappa shape index (κ2) is 9.68. The van der Waals surface area contributed by atoms with Crippen molar-refractivity contribution in [1.82, 2.24) is 4.90 Å². The molecule has 0 heterocycles. The monoisotopic (exact) mass is 393 g/mol. The molecule has 0 aromatic heterocycles. The summed E-state index contributed by atoms with van der Waals surface area (Å²) < 4.78 is 39.2. The number of methoxy groups -OCH3 is 1.